The van der Waals surface area contributed by atoms with Crippen molar-refractivity contribution in [1.29, 1.82) is 0 Å². The number of fused-ring (bicyclic) bond motifs is 1. The first-order valence-corrected chi connectivity index (χ1v) is 6.73. The lowest BCUT2D eigenvalue weighted by atomic mass is 10.2. The van der Waals surface area contributed by atoms with Crippen molar-refractivity contribution in [2.45, 2.75) is 0 Å². The van der Waals surface area contributed by atoms with Crippen molar-refractivity contribution in [3.8, 4) is 17.4 Å². The summed E-state index contributed by atoms with van der Waals surface area (Å²) < 4.78 is 5.20. The molecule has 0 aliphatic carbocycles. The Balaban J connectivity index is 1.96. The molecule has 0 unspecified atom stereocenters. The maximum absolute atomic E-state index is 12.0. The van der Waals surface area contributed by atoms with Gasteiger partial charge in [-0.15, -0.1) is 10.2 Å². The molecule has 0 saturated heterocycles. The van der Waals surface area contributed by atoms with Gasteiger partial charge in [-0.3, -0.25) is 4.79 Å². The normalized spacial score (nSPS) is 11.2. The second-order valence-electron chi connectivity index (χ2n) is 4.76. The van der Waals surface area contributed by atoms with E-state index in [9.17, 15) is 15.0 Å². The predicted octanol–water partition coefficient (Wildman–Crippen LogP) is 3.51. The van der Waals surface area contributed by atoms with E-state index in [2.05, 4.69) is 15.2 Å². The average molecular weight is 311 g/mol. The van der Waals surface area contributed by atoms with Crippen LogP contribution in [-0.4, -0.2) is 28.2 Å². The van der Waals surface area contributed by atoms with Gasteiger partial charge in [0.15, 0.2) is 5.69 Å². The van der Waals surface area contributed by atoms with E-state index in [1.807, 2.05) is 0 Å². The fourth-order valence-electron chi connectivity index (χ4n) is 2.19. The molecule has 1 heterocycles. The summed E-state index contributed by atoms with van der Waals surface area (Å²) in [6.07, 6.45) is 0. The lowest BCUT2D eigenvalue weighted by Gasteiger charge is -1.99. The fraction of sp³-hybridized carbons (Fsp3) is 0.0625. The smallest absolute Gasteiger partial charge is 0.295 e. The molecule has 0 fully saturated rings. The molecule has 7 nitrogen and oxygen atoms in total. The summed E-state index contributed by atoms with van der Waals surface area (Å²) in [5.41, 5.74) is 1.01. The zero-order chi connectivity index (χ0) is 16.4. The summed E-state index contributed by atoms with van der Waals surface area (Å²) >= 11 is 0. The number of ether oxygens (including phenoxy) is 1. The zero-order valence-electron chi connectivity index (χ0n) is 12.1. The van der Waals surface area contributed by atoms with E-state index in [1.54, 1.807) is 18.2 Å². The minimum absolute atomic E-state index is 0.0554. The molecule has 3 N–H and O–H groups in total. The first-order chi connectivity index (χ1) is 11.1. The highest BCUT2D eigenvalue weighted by Gasteiger charge is 2.14. The van der Waals surface area contributed by atoms with Crippen LogP contribution in [0.2, 0.25) is 0 Å². The molecular weight excluding hydrogens is 298 g/mol. The maximum atomic E-state index is 12.0. The van der Waals surface area contributed by atoms with Crippen molar-refractivity contribution in [1.82, 2.24) is 4.98 Å². The number of rotatable bonds is 3. The van der Waals surface area contributed by atoms with Gasteiger partial charge in [0.25, 0.3) is 5.91 Å². The minimum Gasteiger partial charge on any atom is -0.508 e. The van der Waals surface area contributed by atoms with Crippen LogP contribution < -0.4 is 4.74 Å². The topological polar surface area (TPSA) is 107 Å². The lowest BCUT2D eigenvalue weighted by Crippen LogP contribution is -1.92. The third-order valence-corrected chi connectivity index (χ3v) is 3.32. The summed E-state index contributed by atoms with van der Waals surface area (Å²) in [6, 6.07) is 10.9. The van der Waals surface area contributed by atoms with Gasteiger partial charge in [-0.2, -0.15) is 0 Å². The maximum Gasteiger partial charge on any atom is 0.295 e. The van der Waals surface area contributed by atoms with Crippen molar-refractivity contribution < 1.29 is 19.7 Å². The van der Waals surface area contributed by atoms with E-state index in [0.717, 1.165) is 0 Å². The van der Waals surface area contributed by atoms with Crippen LogP contribution in [-0.2, 0) is 0 Å². The van der Waals surface area contributed by atoms with Gasteiger partial charge in [0.05, 0.1) is 12.6 Å². The Hall–Kier alpha value is -3.35. The molecule has 7 heteroatoms. The number of aromatic nitrogens is 1. The van der Waals surface area contributed by atoms with Gasteiger partial charge >= 0.3 is 0 Å². The van der Waals surface area contributed by atoms with Gasteiger partial charge in [-0.25, -0.2) is 0 Å². The van der Waals surface area contributed by atoms with Crippen LogP contribution in [0.5, 0.6) is 17.4 Å². The summed E-state index contributed by atoms with van der Waals surface area (Å²) in [5.74, 6) is -0.183. The number of carbonyl (C=O) groups is 1. The molecule has 2 aromatic carbocycles. The number of phenols is 1. The number of benzene rings is 2. The van der Waals surface area contributed by atoms with Crippen molar-refractivity contribution in [3.05, 3.63) is 48.0 Å². The predicted molar refractivity (Wildman–Crippen MR) is 83.5 cm³/mol. The summed E-state index contributed by atoms with van der Waals surface area (Å²) in [7, 11) is 1.52. The highest BCUT2D eigenvalue weighted by Crippen LogP contribution is 2.39. The van der Waals surface area contributed by atoms with Crippen molar-refractivity contribution in [2.24, 2.45) is 10.2 Å². The number of methoxy groups -OCH3 is 1. The number of H-pyrrole nitrogens is 1. The Bertz CT molecular complexity index is 898. The number of azo groups is 1. The Morgan fingerprint density at radius 3 is 2.57 bits per heavy atom. The summed E-state index contributed by atoms with van der Waals surface area (Å²) in [5, 5.41) is 27.2. The Kier molecular flexibility index (Phi) is 3.68. The number of nitrogens with zero attached hydrogens (tertiary/aromatic N) is 2. The number of carbonyl (C=O) groups excluding carboxylic acids is 1. The van der Waals surface area contributed by atoms with Crippen LogP contribution >= 0.6 is 0 Å². The van der Waals surface area contributed by atoms with E-state index in [-0.39, 0.29) is 22.9 Å². The molecule has 0 spiro atoms. The molecule has 1 amide bonds. The number of amides is 1. The Labute approximate surface area is 130 Å². The Morgan fingerprint density at radius 2 is 1.87 bits per heavy atom. The number of phenolic OH excluding ortho intramolecular Hbond substituents is 1. The van der Waals surface area contributed by atoms with Crippen LogP contribution in [0.4, 0.5) is 5.69 Å². The molecular formula is C16H13N3O4. The quantitative estimate of drug-likeness (QED) is 0.643. The molecule has 3 aromatic rings. The van der Waals surface area contributed by atoms with Crippen LogP contribution in [0.25, 0.3) is 10.9 Å². The third kappa shape index (κ3) is 2.71. The zero-order valence-corrected chi connectivity index (χ0v) is 12.1. The first-order valence-electron chi connectivity index (χ1n) is 6.73. The number of aromatic amines is 1. The second-order valence-corrected chi connectivity index (χ2v) is 4.76. The van der Waals surface area contributed by atoms with Gasteiger partial charge in [0.1, 0.15) is 11.5 Å². The number of aromatic hydroxyl groups is 2. The van der Waals surface area contributed by atoms with E-state index >= 15 is 0 Å². The second kappa shape index (κ2) is 5.80. The summed E-state index contributed by atoms with van der Waals surface area (Å²) in [6.45, 7) is 0. The molecule has 0 radical (unpaired) electrons. The summed E-state index contributed by atoms with van der Waals surface area (Å²) in [4.78, 5) is 14.7. The van der Waals surface area contributed by atoms with Crippen LogP contribution in [0.15, 0.2) is 52.7 Å². The van der Waals surface area contributed by atoms with Crippen LogP contribution in [0.3, 0.4) is 0 Å². The van der Waals surface area contributed by atoms with E-state index in [0.29, 0.717) is 16.7 Å². The minimum atomic E-state index is -0.582. The monoisotopic (exact) mass is 311 g/mol. The number of hydrogen-bond acceptors (Lipinski definition) is 5. The van der Waals surface area contributed by atoms with Crippen molar-refractivity contribution >= 4 is 22.5 Å². The largest absolute Gasteiger partial charge is 0.508 e. The van der Waals surface area contributed by atoms with Crippen molar-refractivity contribution in [2.75, 3.05) is 7.11 Å². The number of nitrogens with one attached hydrogen (secondary N) is 1. The highest BCUT2D eigenvalue weighted by molar-refractivity contribution is 5.99. The number of para-hydroxylation sites is 1. The van der Waals surface area contributed by atoms with E-state index in [1.165, 1.54) is 31.4 Å². The third-order valence-electron chi connectivity index (χ3n) is 3.32. The molecule has 1 aromatic heterocycles. The van der Waals surface area contributed by atoms with Gasteiger partial charge in [0, 0.05) is 10.9 Å². The van der Waals surface area contributed by atoms with Gasteiger partial charge < -0.3 is 19.9 Å². The van der Waals surface area contributed by atoms with E-state index in [4.69, 9.17) is 4.74 Å². The first kappa shape index (κ1) is 14.6. The fourth-order valence-corrected chi connectivity index (χ4v) is 2.19. The SMILES string of the molecule is COc1cccc2c(N=NC(=O)c3ccc(O)cc3)c(O)[nH]c12. The van der Waals surface area contributed by atoms with Crippen molar-refractivity contribution in [3.63, 3.8) is 0 Å². The molecule has 0 aliphatic heterocycles. The molecule has 116 valence electrons. The highest BCUT2D eigenvalue weighted by atomic mass is 16.5. The molecule has 23 heavy (non-hydrogen) atoms. The van der Waals surface area contributed by atoms with E-state index < -0.39 is 5.91 Å². The van der Waals surface area contributed by atoms with Crippen LogP contribution in [0, 0.1) is 0 Å². The average Bonchev–Trinajstić information content (AvgIpc) is 2.88. The van der Waals surface area contributed by atoms with Crippen LogP contribution in [0.1, 0.15) is 10.4 Å². The molecule has 3 rings (SSSR count). The molecule has 0 atom stereocenters. The number of hydrogen-bond donors (Lipinski definition) is 3. The Morgan fingerprint density at radius 1 is 1.13 bits per heavy atom. The molecule has 0 saturated carbocycles. The molecule has 0 aliphatic rings. The standard InChI is InChI=1S/C16H13N3O4/c1-23-12-4-2-3-11-13(12)17-16(22)14(11)18-19-15(21)9-5-7-10(20)8-6-9/h2-8,17,20,22H,1H3. The lowest BCUT2D eigenvalue weighted by molar-refractivity contribution is 0.0995. The molecule has 0 bridgehead atoms. The van der Waals surface area contributed by atoms with Gasteiger partial charge in [-0.1, -0.05) is 12.1 Å². The van der Waals surface area contributed by atoms with Gasteiger partial charge in [0.2, 0.25) is 5.88 Å². The van der Waals surface area contributed by atoms with Gasteiger partial charge in [-0.05, 0) is 30.3 Å².